The van der Waals surface area contributed by atoms with Crippen LogP contribution < -0.4 is 4.90 Å². The van der Waals surface area contributed by atoms with E-state index >= 15 is 0 Å². The molecule has 0 N–H and O–H groups in total. The number of fused-ring (bicyclic) bond motifs is 16. The number of anilines is 3. The first-order valence-electron chi connectivity index (χ1n) is 26.0. The van der Waals surface area contributed by atoms with E-state index < -0.39 is 5.41 Å². The molecule has 4 heteroatoms. The van der Waals surface area contributed by atoms with Crippen molar-refractivity contribution >= 4 is 60.9 Å². The molecule has 0 radical (unpaired) electrons. The summed E-state index contributed by atoms with van der Waals surface area (Å²) in [6, 6.07) is 101. The normalized spacial score (nSPS) is 13.9. The van der Waals surface area contributed by atoms with Gasteiger partial charge in [0.2, 0.25) is 0 Å². The number of rotatable bonds is 7. The molecule has 0 aliphatic heterocycles. The van der Waals surface area contributed by atoms with Gasteiger partial charge in [-0.2, -0.15) is 36.4 Å². The SMILES string of the molecule is [U+2].[c-]1ccccc1-c1[c-]cc(-c2ccc(N(c3ccc(-c4ccc5c(c4)oc4ccccc45)cc3)c3cccc(-c4cccc5c4C4(c6ccccc6-c6cc7oc8ccccc8c7cc64)c4ccccc4-5)c3)cc2)cc1. The van der Waals surface area contributed by atoms with E-state index in [9.17, 15) is 0 Å². The number of furan rings is 2. The standard InChI is InChI=1S/C73H43NO2.U/c1-2-14-46(15-3-1)47-28-30-48(31-29-47)49-32-37-53(38-33-49)74(54-39-34-50(35-40-54)51-36-41-61-59-20-6-10-26-68(59)75-70(61)43-51)55-17-12-16-52(42-55)56-22-13-23-62-57-18-4-8-24-65(57)73(72(56)62)66-25-9-5-19-58(66)63-45-71-64(44-67(63)73)60-21-7-11-27-69(60)76-71;/h1-14,16-28,30-45H;/q-2;+2. The molecule has 2 aliphatic carbocycles. The van der Waals surface area contributed by atoms with Gasteiger partial charge in [0.1, 0.15) is 22.3 Å². The van der Waals surface area contributed by atoms with Crippen LogP contribution in [0.2, 0.25) is 0 Å². The van der Waals surface area contributed by atoms with Crippen molar-refractivity contribution in [1.29, 1.82) is 0 Å². The average molecular weight is 1200 g/mol. The Kier molecular flexibility index (Phi) is 10.6. The smallest absolute Gasteiger partial charge is 0.456 e. The van der Waals surface area contributed by atoms with E-state index in [4.69, 9.17) is 8.83 Å². The molecule has 1 atom stereocenters. The van der Waals surface area contributed by atoms with Gasteiger partial charge in [0, 0.05) is 38.6 Å². The number of hydrogen-bond acceptors (Lipinski definition) is 3. The molecular formula is C73H43NO2U. The van der Waals surface area contributed by atoms with Crippen molar-refractivity contribution in [1.82, 2.24) is 0 Å². The third-order valence-electron chi connectivity index (χ3n) is 16.1. The van der Waals surface area contributed by atoms with Crippen LogP contribution in [0, 0.1) is 43.2 Å². The predicted molar refractivity (Wildman–Crippen MR) is 311 cm³/mol. The molecule has 2 aliphatic rings. The summed E-state index contributed by atoms with van der Waals surface area (Å²) in [5, 5.41) is 4.52. The maximum Gasteiger partial charge on any atom is 2.00 e. The summed E-state index contributed by atoms with van der Waals surface area (Å²) in [7, 11) is 0. The van der Waals surface area contributed by atoms with Crippen molar-refractivity contribution in [3.63, 3.8) is 0 Å². The Morgan fingerprint density at radius 2 is 0.870 bits per heavy atom. The monoisotopic (exact) mass is 1200 g/mol. The van der Waals surface area contributed by atoms with Gasteiger partial charge in [-0.1, -0.05) is 151 Å². The van der Waals surface area contributed by atoms with Crippen LogP contribution in [0.3, 0.4) is 0 Å². The second kappa shape index (κ2) is 17.9. The second-order valence-electron chi connectivity index (χ2n) is 20.1. The molecule has 2 aromatic heterocycles. The number of nitrogens with zero attached hydrogens (tertiary/aromatic N) is 1. The molecule has 3 nitrogen and oxygen atoms in total. The quantitative estimate of drug-likeness (QED) is 0.149. The molecule has 77 heavy (non-hydrogen) atoms. The Bertz CT molecular complexity index is 4630. The minimum Gasteiger partial charge on any atom is -0.456 e. The molecule has 356 valence electrons. The van der Waals surface area contributed by atoms with Crippen LogP contribution in [0.5, 0.6) is 0 Å². The first kappa shape index (κ1) is 45.5. The van der Waals surface area contributed by atoms with Gasteiger partial charge in [-0.3, -0.25) is 0 Å². The Morgan fingerprint density at radius 3 is 1.57 bits per heavy atom. The molecule has 0 bridgehead atoms. The molecule has 0 saturated carbocycles. The summed E-state index contributed by atoms with van der Waals surface area (Å²) in [6.07, 6.45) is 0. The van der Waals surface area contributed by atoms with E-state index in [1.165, 1.54) is 50.1 Å². The molecule has 14 aromatic rings. The Hall–Kier alpha value is -8.91. The van der Waals surface area contributed by atoms with Crippen molar-refractivity contribution in [2.45, 2.75) is 5.41 Å². The largest absolute Gasteiger partial charge is 2.00 e. The fraction of sp³-hybridized carbons (Fsp3) is 0.0137. The molecule has 16 rings (SSSR count). The molecule has 1 unspecified atom stereocenters. The molecule has 0 fully saturated rings. The summed E-state index contributed by atoms with van der Waals surface area (Å²) < 4.78 is 12.9. The minimum absolute atomic E-state index is 0. The fourth-order valence-electron chi connectivity index (χ4n) is 12.8. The second-order valence-corrected chi connectivity index (χ2v) is 20.1. The van der Waals surface area contributed by atoms with Crippen LogP contribution in [-0.2, 0) is 5.41 Å². The van der Waals surface area contributed by atoms with Crippen molar-refractivity contribution in [2.75, 3.05) is 4.90 Å². The molecular weight excluding hydrogens is 1160 g/mol. The van der Waals surface area contributed by atoms with Gasteiger partial charge < -0.3 is 13.7 Å². The predicted octanol–water partition coefficient (Wildman–Crippen LogP) is 19.6. The van der Waals surface area contributed by atoms with Gasteiger partial charge in [-0.15, -0.1) is 23.8 Å². The Morgan fingerprint density at radius 1 is 0.312 bits per heavy atom. The fourth-order valence-corrected chi connectivity index (χ4v) is 12.8. The summed E-state index contributed by atoms with van der Waals surface area (Å²) in [5.74, 6) is 0. The zero-order valence-electron chi connectivity index (χ0n) is 41.6. The van der Waals surface area contributed by atoms with E-state index in [0.717, 1.165) is 99.9 Å². The molecule has 0 amide bonds. The van der Waals surface area contributed by atoms with Crippen molar-refractivity contribution in [3.05, 3.63) is 295 Å². The summed E-state index contributed by atoms with van der Waals surface area (Å²) in [5.41, 5.74) is 25.2. The Balaban J connectivity index is 0.00000518. The molecule has 2 heterocycles. The van der Waals surface area contributed by atoms with Gasteiger partial charge in [0.05, 0.1) is 5.41 Å². The first-order chi connectivity index (χ1) is 37.7. The van der Waals surface area contributed by atoms with E-state index in [0.29, 0.717) is 0 Å². The van der Waals surface area contributed by atoms with Crippen LogP contribution in [0.4, 0.5) is 17.1 Å². The average Bonchev–Trinajstić information content (AvgIpc) is 4.22. The maximum absolute atomic E-state index is 6.58. The summed E-state index contributed by atoms with van der Waals surface area (Å²) >= 11 is 0. The van der Waals surface area contributed by atoms with Crippen LogP contribution >= 0.6 is 0 Å². The van der Waals surface area contributed by atoms with Gasteiger partial charge in [-0.05, 0) is 140 Å². The van der Waals surface area contributed by atoms with E-state index in [-0.39, 0.29) is 31.1 Å². The topological polar surface area (TPSA) is 29.5 Å². The van der Waals surface area contributed by atoms with E-state index in [1.807, 2.05) is 30.3 Å². The molecule has 12 aromatic carbocycles. The summed E-state index contributed by atoms with van der Waals surface area (Å²) in [6.45, 7) is 0. The van der Waals surface area contributed by atoms with E-state index in [1.54, 1.807) is 0 Å². The van der Waals surface area contributed by atoms with Crippen molar-refractivity contribution in [2.24, 2.45) is 0 Å². The van der Waals surface area contributed by atoms with Crippen molar-refractivity contribution < 1.29 is 39.9 Å². The molecule has 0 saturated heterocycles. The van der Waals surface area contributed by atoms with Gasteiger partial charge in [0.25, 0.3) is 0 Å². The van der Waals surface area contributed by atoms with Gasteiger partial charge in [0.15, 0.2) is 0 Å². The van der Waals surface area contributed by atoms with Gasteiger partial charge in [-0.25, -0.2) is 11.1 Å². The number of para-hydroxylation sites is 2. The summed E-state index contributed by atoms with van der Waals surface area (Å²) in [4.78, 5) is 2.38. The number of hydrogen-bond donors (Lipinski definition) is 0. The van der Waals surface area contributed by atoms with E-state index in [2.05, 4.69) is 248 Å². The third-order valence-corrected chi connectivity index (χ3v) is 16.1. The van der Waals surface area contributed by atoms with Crippen LogP contribution in [0.1, 0.15) is 22.3 Å². The zero-order valence-corrected chi connectivity index (χ0v) is 45.8. The number of benzene rings is 12. The third kappa shape index (κ3) is 6.96. The zero-order chi connectivity index (χ0) is 49.9. The molecule has 1 spiro atoms. The maximum atomic E-state index is 6.58. The van der Waals surface area contributed by atoms with Crippen LogP contribution in [-0.4, -0.2) is 0 Å². The first-order valence-corrected chi connectivity index (χ1v) is 26.0. The van der Waals surface area contributed by atoms with Crippen molar-refractivity contribution in [3.8, 4) is 66.8 Å². The van der Waals surface area contributed by atoms with Gasteiger partial charge >= 0.3 is 31.1 Å². The minimum atomic E-state index is -0.581. The van der Waals surface area contributed by atoms with Crippen LogP contribution in [0.15, 0.2) is 270 Å². The Labute approximate surface area is 469 Å². The van der Waals surface area contributed by atoms with Crippen LogP contribution in [0.25, 0.3) is 111 Å².